The van der Waals surface area contributed by atoms with Crippen LogP contribution in [-0.4, -0.2) is 40.6 Å². The fraction of sp³-hybridized carbons (Fsp3) is 0.333. The zero-order chi connectivity index (χ0) is 18.4. The van der Waals surface area contributed by atoms with Crippen LogP contribution >= 0.6 is 0 Å². The van der Waals surface area contributed by atoms with Gasteiger partial charge in [0, 0.05) is 19.2 Å². The highest BCUT2D eigenvalue weighted by Crippen LogP contribution is 2.32. The van der Waals surface area contributed by atoms with Gasteiger partial charge in [-0.25, -0.2) is 8.42 Å². The SMILES string of the molecule is CCOc1ccc(S(=O)(=O)N(C)Cc2cccc(OC)c2OC)cc1. The molecule has 2 aromatic carbocycles. The number of benzene rings is 2. The number of ether oxygens (including phenoxy) is 3. The van der Waals surface area contributed by atoms with E-state index < -0.39 is 10.0 Å². The van der Waals surface area contributed by atoms with Crippen LogP contribution in [-0.2, 0) is 16.6 Å². The molecule has 0 atom stereocenters. The van der Waals surface area contributed by atoms with Gasteiger partial charge in [0.1, 0.15) is 5.75 Å². The summed E-state index contributed by atoms with van der Waals surface area (Å²) in [5.74, 6) is 1.73. The minimum Gasteiger partial charge on any atom is -0.494 e. The van der Waals surface area contributed by atoms with E-state index >= 15 is 0 Å². The Hall–Kier alpha value is -2.25. The van der Waals surface area contributed by atoms with Crippen LogP contribution in [0.25, 0.3) is 0 Å². The molecule has 0 aliphatic heterocycles. The Morgan fingerprint density at radius 2 is 1.68 bits per heavy atom. The first-order valence-corrected chi connectivity index (χ1v) is 9.27. The van der Waals surface area contributed by atoms with Crippen LogP contribution in [0.4, 0.5) is 0 Å². The first-order valence-electron chi connectivity index (χ1n) is 7.83. The first-order chi connectivity index (χ1) is 11.9. The van der Waals surface area contributed by atoms with E-state index in [1.807, 2.05) is 13.0 Å². The third-order valence-corrected chi connectivity index (χ3v) is 5.54. The Morgan fingerprint density at radius 1 is 1.00 bits per heavy atom. The maximum absolute atomic E-state index is 12.8. The number of rotatable bonds is 8. The van der Waals surface area contributed by atoms with Gasteiger partial charge >= 0.3 is 0 Å². The smallest absolute Gasteiger partial charge is 0.243 e. The standard InChI is InChI=1S/C18H23NO5S/c1-5-24-15-9-11-16(12-10-15)25(20,21)19(2)13-14-7-6-8-17(22-3)18(14)23-4/h6-12H,5,13H2,1-4H3. The molecule has 7 heteroatoms. The van der Waals surface area contributed by atoms with E-state index in [4.69, 9.17) is 14.2 Å². The lowest BCUT2D eigenvalue weighted by molar-refractivity contribution is 0.340. The number of sulfonamides is 1. The Labute approximate surface area is 149 Å². The van der Waals surface area contributed by atoms with Gasteiger partial charge in [0.2, 0.25) is 10.0 Å². The van der Waals surface area contributed by atoms with E-state index in [2.05, 4.69) is 0 Å². The molecule has 0 amide bonds. The molecule has 0 saturated carbocycles. The molecule has 0 fully saturated rings. The molecule has 136 valence electrons. The minimum atomic E-state index is -3.63. The highest BCUT2D eigenvalue weighted by molar-refractivity contribution is 7.89. The molecular formula is C18H23NO5S. The van der Waals surface area contributed by atoms with E-state index in [-0.39, 0.29) is 11.4 Å². The third kappa shape index (κ3) is 4.24. The van der Waals surface area contributed by atoms with Crippen LogP contribution in [0.1, 0.15) is 12.5 Å². The second kappa shape index (κ2) is 8.22. The van der Waals surface area contributed by atoms with Crippen LogP contribution in [0.3, 0.4) is 0 Å². The fourth-order valence-corrected chi connectivity index (χ4v) is 3.61. The first kappa shape index (κ1) is 19.1. The summed E-state index contributed by atoms with van der Waals surface area (Å²) in [4.78, 5) is 0.209. The summed E-state index contributed by atoms with van der Waals surface area (Å²) in [6, 6.07) is 11.8. The summed E-state index contributed by atoms with van der Waals surface area (Å²) in [5.41, 5.74) is 0.721. The van der Waals surface area contributed by atoms with E-state index in [0.717, 1.165) is 5.56 Å². The van der Waals surface area contributed by atoms with Crippen molar-refractivity contribution >= 4 is 10.0 Å². The van der Waals surface area contributed by atoms with Gasteiger partial charge in [-0.15, -0.1) is 0 Å². The van der Waals surface area contributed by atoms with Crippen LogP contribution in [0.2, 0.25) is 0 Å². The molecule has 0 unspecified atom stereocenters. The summed E-state index contributed by atoms with van der Waals surface area (Å²) in [6.45, 7) is 2.57. The van der Waals surface area contributed by atoms with Gasteiger partial charge in [0.25, 0.3) is 0 Å². The minimum absolute atomic E-state index is 0.163. The highest BCUT2D eigenvalue weighted by Gasteiger charge is 2.23. The van der Waals surface area contributed by atoms with Crippen molar-refractivity contribution in [1.82, 2.24) is 4.31 Å². The van der Waals surface area contributed by atoms with Gasteiger partial charge in [0.05, 0.1) is 25.7 Å². The normalized spacial score (nSPS) is 11.4. The van der Waals surface area contributed by atoms with Crippen LogP contribution in [0.15, 0.2) is 47.4 Å². The summed E-state index contributed by atoms with van der Waals surface area (Å²) in [6.07, 6.45) is 0. The second-order valence-electron chi connectivity index (χ2n) is 5.32. The maximum Gasteiger partial charge on any atom is 0.243 e. The second-order valence-corrected chi connectivity index (χ2v) is 7.36. The van der Waals surface area contributed by atoms with Crippen molar-refractivity contribution in [2.75, 3.05) is 27.9 Å². The van der Waals surface area contributed by atoms with Crippen molar-refractivity contribution in [3.63, 3.8) is 0 Å². The van der Waals surface area contributed by atoms with Gasteiger partial charge in [-0.2, -0.15) is 4.31 Å². The average Bonchev–Trinajstić information content (AvgIpc) is 2.62. The lowest BCUT2D eigenvalue weighted by atomic mass is 10.2. The molecule has 0 N–H and O–H groups in total. The predicted molar refractivity (Wildman–Crippen MR) is 95.8 cm³/mol. The van der Waals surface area contributed by atoms with Crippen molar-refractivity contribution in [3.05, 3.63) is 48.0 Å². The Morgan fingerprint density at radius 3 is 2.24 bits per heavy atom. The maximum atomic E-state index is 12.8. The van der Waals surface area contributed by atoms with Crippen LogP contribution in [0.5, 0.6) is 17.2 Å². The molecule has 2 rings (SSSR count). The number of para-hydroxylation sites is 1. The molecule has 0 aliphatic rings. The van der Waals surface area contributed by atoms with Gasteiger partial charge in [-0.3, -0.25) is 0 Å². The van der Waals surface area contributed by atoms with E-state index in [0.29, 0.717) is 23.9 Å². The molecule has 2 aromatic rings. The van der Waals surface area contributed by atoms with Crippen molar-refractivity contribution in [2.24, 2.45) is 0 Å². The monoisotopic (exact) mass is 365 g/mol. The van der Waals surface area contributed by atoms with Gasteiger partial charge in [-0.05, 0) is 37.3 Å². The molecule has 0 radical (unpaired) electrons. The topological polar surface area (TPSA) is 65.1 Å². The van der Waals surface area contributed by atoms with Crippen molar-refractivity contribution < 1.29 is 22.6 Å². The Kier molecular flexibility index (Phi) is 6.27. The third-order valence-electron chi connectivity index (χ3n) is 3.72. The molecule has 0 spiro atoms. The molecule has 0 aromatic heterocycles. The quantitative estimate of drug-likeness (QED) is 0.720. The number of hydrogen-bond acceptors (Lipinski definition) is 5. The van der Waals surface area contributed by atoms with Gasteiger partial charge in [-0.1, -0.05) is 12.1 Å². The Bertz CT molecular complexity index is 803. The van der Waals surface area contributed by atoms with Crippen LogP contribution in [0, 0.1) is 0 Å². The zero-order valence-corrected chi connectivity index (χ0v) is 15.7. The van der Waals surface area contributed by atoms with Crippen molar-refractivity contribution in [3.8, 4) is 17.2 Å². The number of hydrogen-bond donors (Lipinski definition) is 0. The molecule has 0 heterocycles. The lowest BCUT2D eigenvalue weighted by Gasteiger charge is -2.20. The van der Waals surface area contributed by atoms with E-state index in [1.54, 1.807) is 43.5 Å². The predicted octanol–water partition coefficient (Wildman–Crippen LogP) is 2.92. The molecule has 6 nitrogen and oxygen atoms in total. The van der Waals surface area contributed by atoms with Gasteiger partial charge in [0.15, 0.2) is 11.5 Å². The summed E-state index contributed by atoms with van der Waals surface area (Å²) in [7, 11) is 0.974. The lowest BCUT2D eigenvalue weighted by Crippen LogP contribution is -2.26. The molecule has 0 bridgehead atoms. The van der Waals surface area contributed by atoms with Crippen molar-refractivity contribution in [1.29, 1.82) is 0 Å². The molecule has 0 aliphatic carbocycles. The van der Waals surface area contributed by atoms with Crippen LogP contribution < -0.4 is 14.2 Å². The number of methoxy groups -OCH3 is 2. The van der Waals surface area contributed by atoms with E-state index in [9.17, 15) is 8.42 Å². The van der Waals surface area contributed by atoms with Crippen molar-refractivity contribution in [2.45, 2.75) is 18.4 Å². The highest BCUT2D eigenvalue weighted by atomic mass is 32.2. The Balaban J connectivity index is 2.26. The molecule has 25 heavy (non-hydrogen) atoms. The molecular weight excluding hydrogens is 342 g/mol. The summed E-state index contributed by atoms with van der Waals surface area (Å²) in [5, 5.41) is 0. The zero-order valence-electron chi connectivity index (χ0n) is 14.9. The molecule has 0 saturated heterocycles. The van der Waals surface area contributed by atoms with Gasteiger partial charge < -0.3 is 14.2 Å². The van der Waals surface area contributed by atoms with E-state index in [1.165, 1.54) is 18.5 Å². The number of nitrogens with zero attached hydrogens (tertiary/aromatic N) is 1. The summed E-state index contributed by atoms with van der Waals surface area (Å²) >= 11 is 0. The summed E-state index contributed by atoms with van der Waals surface area (Å²) < 4.78 is 42.8. The average molecular weight is 365 g/mol. The fourth-order valence-electron chi connectivity index (χ4n) is 2.46. The largest absolute Gasteiger partial charge is 0.494 e.